The van der Waals surface area contributed by atoms with E-state index in [2.05, 4.69) is 15.9 Å². The molecule has 3 rings (SSSR count). The fourth-order valence-corrected chi connectivity index (χ4v) is 3.94. The van der Waals surface area contributed by atoms with E-state index < -0.39 is 9.84 Å². The van der Waals surface area contributed by atoms with Crippen LogP contribution in [0.3, 0.4) is 0 Å². The molecular weight excluding hydrogens is 348 g/mol. The molecular formula is C20H26N2O3S. The summed E-state index contributed by atoms with van der Waals surface area (Å²) in [6.07, 6.45) is 1.23. The molecule has 2 aromatic rings. The maximum atomic E-state index is 11.5. The molecule has 0 bridgehead atoms. The average molecular weight is 375 g/mol. The van der Waals surface area contributed by atoms with Crippen LogP contribution in [0.25, 0.3) is 0 Å². The number of aliphatic hydroxyl groups excluding tert-OH is 1. The highest BCUT2D eigenvalue weighted by molar-refractivity contribution is 7.90. The Morgan fingerprint density at radius 1 is 0.846 bits per heavy atom. The highest BCUT2D eigenvalue weighted by atomic mass is 32.2. The SMILES string of the molecule is CS(=O)(=O)c1ccc(CN2CCN(Cc3ccccc3CO)CC2)cc1. The number of rotatable bonds is 6. The molecule has 0 unspecified atom stereocenters. The van der Waals surface area contributed by atoms with Crippen LogP contribution in [0.1, 0.15) is 16.7 Å². The fraction of sp³-hybridized carbons (Fsp3) is 0.400. The van der Waals surface area contributed by atoms with E-state index in [1.54, 1.807) is 12.1 Å². The Morgan fingerprint density at radius 2 is 1.38 bits per heavy atom. The second-order valence-electron chi connectivity index (χ2n) is 6.90. The molecule has 0 radical (unpaired) electrons. The van der Waals surface area contributed by atoms with Crippen molar-refractivity contribution in [3.8, 4) is 0 Å². The predicted molar refractivity (Wildman–Crippen MR) is 102 cm³/mol. The van der Waals surface area contributed by atoms with E-state index in [1.165, 1.54) is 11.8 Å². The summed E-state index contributed by atoms with van der Waals surface area (Å²) in [5.41, 5.74) is 3.33. The molecule has 6 heteroatoms. The Bertz CT molecular complexity index is 826. The number of aliphatic hydroxyl groups is 1. The quantitative estimate of drug-likeness (QED) is 0.837. The third-order valence-corrected chi connectivity index (χ3v) is 6.03. The van der Waals surface area contributed by atoms with Crippen molar-refractivity contribution in [2.75, 3.05) is 32.4 Å². The van der Waals surface area contributed by atoms with E-state index in [-0.39, 0.29) is 6.61 Å². The fourth-order valence-electron chi connectivity index (χ4n) is 3.31. The van der Waals surface area contributed by atoms with Gasteiger partial charge in [0.15, 0.2) is 9.84 Å². The number of piperazine rings is 1. The van der Waals surface area contributed by atoms with Crippen molar-refractivity contribution < 1.29 is 13.5 Å². The Kier molecular flexibility index (Phi) is 6.09. The Balaban J connectivity index is 1.52. The summed E-state index contributed by atoms with van der Waals surface area (Å²) in [5, 5.41) is 9.46. The second kappa shape index (κ2) is 8.31. The zero-order chi connectivity index (χ0) is 18.6. The first-order chi connectivity index (χ1) is 12.5. The lowest BCUT2D eigenvalue weighted by Gasteiger charge is -2.35. The highest BCUT2D eigenvalue weighted by Crippen LogP contribution is 2.16. The zero-order valence-electron chi connectivity index (χ0n) is 15.1. The van der Waals surface area contributed by atoms with E-state index in [0.29, 0.717) is 4.90 Å². The monoisotopic (exact) mass is 374 g/mol. The zero-order valence-corrected chi connectivity index (χ0v) is 16.0. The first-order valence-corrected chi connectivity index (χ1v) is 10.8. The van der Waals surface area contributed by atoms with E-state index in [4.69, 9.17) is 0 Å². The summed E-state index contributed by atoms with van der Waals surface area (Å²) in [7, 11) is -3.13. The van der Waals surface area contributed by atoms with Gasteiger partial charge in [-0.3, -0.25) is 9.80 Å². The minimum atomic E-state index is -3.13. The molecule has 2 aromatic carbocycles. The standard InChI is InChI=1S/C20H26N2O3S/c1-26(24,25)20-8-6-17(7-9-20)14-21-10-12-22(13-11-21)15-18-4-2-3-5-19(18)16-23/h2-9,23H,10-16H2,1H3. The van der Waals surface area contributed by atoms with Gasteiger partial charge in [0.1, 0.15) is 0 Å². The summed E-state index contributed by atoms with van der Waals surface area (Å²) in [5.74, 6) is 0. The van der Waals surface area contributed by atoms with Gasteiger partial charge in [-0.2, -0.15) is 0 Å². The highest BCUT2D eigenvalue weighted by Gasteiger charge is 2.18. The van der Waals surface area contributed by atoms with Gasteiger partial charge in [0.25, 0.3) is 0 Å². The van der Waals surface area contributed by atoms with E-state index in [0.717, 1.165) is 50.4 Å². The third kappa shape index (κ3) is 4.92. The van der Waals surface area contributed by atoms with E-state index in [9.17, 15) is 13.5 Å². The van der Waals surface area contributed by atoms with Crippen LogP contribution in [0.4, 0.5) is 0 Å². The summed E-state index contributed by atoms with van der Waals surface area (Å²) >= 11 is 0. The van der Waals surface area contributed by atoms with Crippen molar-refractivity contribution in [2.24, 2.45) is 0 Å². The number of sulfone groups is 1. The first-order valence-electron chi connectivity index (χ1n) is 8.87. The lowest BCUT2D eigenvalue weighted by molar-refractivity contribution is 0.121. The smallest absolute Gasteiger partial charge is 0.175 e. The van der Waals surface area contributed by atoms with Crippen molar-refractivity contribution >= 4 is 9.84 Å². The van der Waals surface area contributed by atoms with Gasteiger partial charge < -0.3 is 5.11 Å². The Labute approximate surface area is 155 Å². The van der Waals surface area contributed by atoms with E-state index >= 15 is 0 Å². The average Bonchev–Trinajstić information content (AvgIpc) is 2.63. The normalized spacial score (nSPS) is 16.7. The van der Waals surface area contributed by atoms with Gasteiger partial charge in [-0.25, -0.2) is 8.42 Å². The molecule has 1 heterocycles. The lowest BCUT2D eigenvalue weighted by atomic mass is 10.1. The topological polar surface area (TPSA) is 60.9 Å². The molecule has 1 aliphatic heterocycles. The maximum Gasteiger partial charge on any atom is 0.175 e. The molecule has 0 spiro atoms. The minimum Gasteiger partial charge on any atom is -0.392 e. The first kappa shape index (κ1) is 19.0. The number of hydrogen-bond donors (Lipinski definition) is 1. The molecule has 140 valence electrons. The van der Waals surface area contributed by atoms with Crippen LogP contribution in [-0.2, 0) is 29.5 Å². The van der Waals surface area contributed by atoms with Gasteiger partial charge in [0.2, 0.25) is 0 Å². The second-order valence-corrected chi connectivity index (χ2v) is 8.91. The van der Waals surface area contributed by atoms with Crippen molar-refractivity contribution in [3.63, 3.8) is 0 Å². The number of benzene rings is 2. The molecule has 0 aromatic heterocycles. The van der Waals surface area contributed by atoms with E-state index in [1.807, 2.05) is 30.3 Å². The summed E-state index contributed by atoms with van der Waals surface area (Å²) < 4.78 is 23.1. The van der Waals surface area contributed by atoms with Gasteiger partial charge in [-0.15, -0.1) is 0 Å². The van der Waals surface area contributed by atoms with Gasteiger partial charge in [0, 0.05) is 45.5 Å². The molecule has 0 aliphatic carbocycles. The largest absolute Gasteiger partial charge is 0.392 e. The summed E-state index contributed by atoms with van der Waals surface area (Å²) in [4.78, 5) is 5.18. The third-order valence-electron chi connectivity index (χ3n) is 4.91. The molecule has 0 atom stereocenters. The molecule has 26 heavy (non-hydrogen) atoms. The Hall–Kier alpha value is -1.73. The minimum absolute atomic E-state index is 0.0830. The van der Waals surface area contributed by atoms with Crippen LogP contribution in [0.2, 0.25) is 0 Å². The van der Waals surface area contributed by atoms with Gasteiger partial charge in [-0.05, 0) is 28.8 Å². The van der Waals surface area contributed by atoms with Gasteiger partial charge in [0.05, 0.1) is 11.5 Å². The molecule has 5 nitrogen and oxygen atoms in total. The van der Waals surface area contributed by atoms with Crippen molar-refractivity contribution in [1.29, 1.82) is 0 Å². The predicted octanol–water partition coefficient (Wildman–Crippen LogP) is 1.90. The molecule has 1 saturated heterocycles. The number of hydrogen-bond acceptors (Lipinski definition) is 5. The lowest BCUT2D eigenvalue weighted by Crippen LogP contribution is -2.45. The van der Waals surface area contributed by atoms with Gasteiger partial charge in [-0.1, -0.05) is 36.4 Å². The summed E-state index contributed by atoms with van der Waals surface area (Å²) in [6, 6.07) is 15.2. The maximum absolute atomic E-state index is 11.5. The molecule has 0 saturated carbocycles. The number of nitrogens with zero attached hydrogens (tertiary/aromatic N) is 2. The molecule has 0 amide bonds. The van der Waals surface area contributed by atoms with Crippen molar-refractivity contribution in [2.45, 2.75) is 24.6 Å². The van der Waals surface area contributed by atoms with Crippen LogP contribution in [0, 0.1) is 0 Å². The molecule has 1 N–H and O–H groups in total. The van der Waals surface area contributed by atoms with Crippen LogP contribution in [0.5, 0.6) is 0 Å². The van der Waals surface area contributed by atoms with Gasteiger partial charge >= 0.3 is 0 Å². The van der Waals surface area contributed by atoms with Crippen LogP contribution < -0.4 is 0 Å². The molecule has 1 fully saturated rings. The van der Waals surface area contributed by atoms with Crippen molar-refractivity contribution in [3.05, 3.63) is 65.2 Å². The van der Waals surface area contributed by atoms with Crippen molar-refractivity contribution in [1.82, 2.24) is 9.80 Å². The molecule has 1 aliphatic rings. The van der Waals surface area contributed by atoms with Crippen LogP contribution in [0.15, 0.2) is 53.4 Å². The van der Waals surface area contributed by atoms with Crippen LogP contribution >= 0.6 is 0 Å². The summed E-state index contributed by atoms with van der Waals surface area (Å²) in [6.45, 7) is 5.73. The Morgan fingerprint density at radius 3 is 1.92 bits per heavy atom. The van der Waals surface area contributed by atoms with Crippen LogP contribution in [-0.4, -0.2) is 55.8 Å².